The fourth-order valence-corrected chi connectivity index (χ4v) is 1.74. The maximum Gasteiger partial charge on any atom is 0.376 e. The molecule has 2 rings (SSSR count). The summed E-state index contributed by atoms with van der Waals surface area (Å²) in [6.07, 6.45) is 4.23. The summed E-state index contributed by atoms with van der Waals surface area (Å²) in [6, 6.07) is 1.76. The van der Waals surface area contributed by atoms with Crippen LogP contribution in [-0.2, 0) is 4.74 Å². The summed E-state index contributed by atoms with van der Waals surface area (Å²) in [6.45, 7) is 3.11. The lowest BCUT2D eigenvalue weighted by molar-refractivity contribution is 0.0587. The molecule has 92 valence electrons. The molecule has 0 bridgehead atoms. The number of nitrogens with one attached hydrogen (secondary N) is 1. The zero-order valence-electron chi connectivity index (χ0n) is 10.1. The lowest BCUT2D eigenvalue weighted by Crippen LogP contribution is -2.15. The van der Waals surface area contributed by atoms with Crippen molar-refractivity contribution in [2.75, 3.05) is 19.0 Å². The molecule has 1 saturated carbocycles. The highest BCUT2D eigenvalue weighted by Gasteiger charge is 2.27. The number of carbonyl (C=O) groups is 1. The maximum absolute atomic E-state index is 11.2. The lowest BCUT2D eigenvalue weighted by atomic mass is 10.1. The molecule has 0 saturated heterocycles. The Morgan fingerprint density at radius 3 is 3.06 bits per heavy atom. The highest BCUT2D eigenvalue weighted by atomic mass is 16.5. The molecule has 1 aromatic rings. The quantitative estimate of drug-likeness (QED) is 0.787. The normalized spacial score (nSPS) is 16.4. The van der Waals surface area contributed by atoms with Crippen molar-refractivity contribution in [1.29, 1.82) is 0 Å². The largest absolute Gasteiger partial charge is 0.463 e. The second kappa shape index (κ2) is 5.12. The Labute approximate surface area is 101 Å². The van der Waals surface area contributed by atoms with Gasteiger partial charge in [0.15, 0.2) is 0 Å². The molecule has 0 spiro atoms. The van der Waals surface area contributed by atoms with E-state index in [1.54, 1.807) is 12.3 Å². The molecular formula is C12H17N3O2. The first-order valence-corrected chi connectivity index (χ1v) is 5.86. The summed E-state index contributed by atoms with van der Waals surface area (Å²) >= 11 is 0. The molecule has 1 N–H and O–H groups in total. The topological polar surface area (TPSA) is 64.1 Å². The van der Waals surface area contributed by atoms with Crippen LogP contribution in [0.2, 0.25) is 0 Å². The Hall–Kier alpha value is -1.65. The summed E-state index contributed by atoms with van der Waals surface area (Å²) in [4.78, 5) is 19.2. The van der Waals surface area contributed by atoms with Crippen molar-refractivity contribution in [3.8, 4) is 0 Å². The molecular weight excluding hydrogens is 218 g/mol. The van der Waals surface area contributed by atoms with Gasteiger partial charge in [0.1, 0.15) is 5.82 Å². The average Bonchev–Trinajstić information content (AvgIpc) is 3.19. The molecule has 0 aliphatic heterocycles. The fraction of sp³-hybridized carbons (Fsp3) is 0.583. The molecule has 5 heteroatoms. The minimum atomic E-state index is -0.510. The molecule has 1 atom stereocenters. The molecule has 1 aliphatic carbocycles. The molecule has 17 heavy (non-hydrogen) atoms. The van der Waals surface area contributed by atoms with Crippen molar-refractivity contribution in [2.45, 2.75) is 19.8 Å². The molecule has 1 heterocycles. The number of anilines is 1. The highest BCUT2D eigenvalue weighted by Crippen LogP contribution is 2.36. The number of nitrogens with zero attached hydrogens (tertiary/aromatic N) is 2. The summed E-state index contributed by atoms with van der Waals surface area (Å²) in [5.41, 5.74) is 0. The van der Waals surface area contributed by atoms with Crippen LogP contribution in [-0.4, -0.2) is 29.6 Å². The van der Waals surface area contributed by atoms with Crippen molar-refractivity contribution < 1.29 is 9.53 Å². The minimum absolute atomic E-state index is 0.0941. The Morgan fingerprint density at radius 2 is 2.41 bits per heavy atom. The first-order valence-electron chi connectivity index (χ1n) is 5.86. The van der Waals surface area contributed by atoms with Crippen molar-refractivity contribution in [1.82, 2.24) is 9.97 Å². The van der Waals surface area contributed by atoms with E-state index in [4.69, 9.17) is 0 Å². The van der Waals surface area contributed by atoms with Gasteiger partial charge in [0.2, 0.25) is 5.82 Å². The minimum Gasteiger partial charge on any atom is -0.463 e. The number of rotatable bonds is 5. The highest BCUT2D eigenvalue weighted by molar-refractivity contribution is 5.85. The van der Waals surface area contributed by atoms with Crippen LogP contribution in [0.25, 0.3) is 0 Å². The molecule has 0 radical (unpaired) electrons. The van der Waals surface area contributed by atoms with E-state index >= 15 is 0 Å². The Kier molecular flexibility index (Phi) is 3.56. The van der Waals surface area contributed by atoms with Crippen molar-refractivity contribution in [3.63, 3.8) is 0 Å². The molecule has 1 fully saturated rings. The fourth-order valence-electron chi connectivity index (χ4n) is 1.74. The van der Waals surface area contributed by atoms with Gasteiger partial charge in [-0.05, 0) is 30.7 Å². The zero-order valence-corrected chi connectivity index (χ0v) is 10.1. The number of hydrogen-bond donors (Lipinski definition) is 1. The average molecular weight is 235 g/mol. The van der Waals surface area contributed by atoms with Gasteiger partial charge in [-0.3, -0.25) is 0 Å². The van der Waals surface area contributed by atoms with Crippen LogP contribution in [0, 0.1) is 11.8 Å². The molecule has 0 aromatic carbocycles. The van der Waals surface area contributed by atoms with E-state index in [0.717, 1.165) is 12.5 Å². The van der Waals surface area contributed by atoms with Crippen LogP contribution in [0.1, 0.15) is 30.4 Å². The van der Waals surface area contributed by atoms with Gasteiger partial charge in [0.05, 0.1) is 7.11 Å². The van der Waals surface area contributed by atoms with Crippen molar-refractivity contribution in [3.05, 3.63) is 18.1 Å². The predicted molar refractivity (Wildman–Crippen MR) is 63.7 cm³/mol. The van der Waals surface area contributed by atoms with Crippen LogP contribution >= 0.6 is 0 Å². The van der Waals surface area contributed by atoms with Gasteiger partial charge in [-0.2, -0.15) is 0 Å². The van der Waals surface area contributed by atoms with E-state index in [0.29, 0.717) is 11.7 Å². The Balaban J connectivity index is 1.93. The molecule has 1 unspecified atom stereocenters. The van der Waals surface area contributed by atoms with Crippen molar-refractivity contribution >= 4 is 11.8 Å². The van der Waals surface area contributed by atoms with E-state index in [1.807, 2.05) is 0 Å². The Morgan fingerprint density at radius 1 is 1.65 bits per heavy atom. The smallest absolute Gasteiger partial charge is 0.376 e. The van der Waals surface area contributed by atoms with Gasteiger partial charge in [0, 0.05) is 12.7 Å². The summed E-state index contributed by atoms with van der Waals surface area (Å²) in [5, 5.41) is 3.23. The monoisotopic (exact) mass is 235 g/mol. The summed E-state index contributed by atoms with van der Waals surface area (Å²) in [5.74, 6) is 1.75. The third-order valence-corrected chi connectivity index (χ3v) is 3.06. The summed E-state index contributed by atoms with van der Waals surface area (Å²) < 4.78 is 4.57. The molecule has 1 aromatic heterocycles. The second-order valence-corrected chi connectivity index (χ2v) is 4.45. The number of methoxy groups -OCH3 is 1. The van der Waals surface area contributed by atoms with Crippen molar-refractivity contribution in [2.24, 2.45) is 11.8 Å². The number of carbonyl (C=O) groups excluding carboxylic acids is 1. The van der Waals surface area contributed by atoms with Gasteiger partial charge in [-0.25, -0.2) is 14.8 Å². The van der Waals surface area contributed by atoms with E-state index in [1.165, 1.54) is 20.0 Å². The number of ether oxygens (including phenoxy) is 1. The Bertz CT molecular complexity index is 404. The van der Waals surface area contributed by atoms with Crippen LogP contribution in [0.15, 0.2) is 12.3 Å². The number of esters is 1. The maximum atomic E-state index is 11.2. The standard InChI is InChI=1S/C12H17N3O2/c1-8(9-3-4-9)7-14-10-5-6-13-11(15-10)12(16)17-2/h5-6,8-9H,3-4,7H2,1-2H3,(H,13,14,15). The second-order valence-electron chi connectivity index (χ2n) is 4.45. The van der Waals surface area contributed by atoms with E-state index in [9.17, 15) is 4.79 Å². The third-order valence-electron chi connectivity index (χ3n) is 3.06. The van der Waals surface area contributed by atoms with Crippen LogP contribution in [0.3, 0.4) is 0 Å². The van der Waals surface area contributed by atoms with Crippen LogP contribution in [0.5, 0.6) is 0 Å². The first kappa shape index (κ1) is 11.8. The molecule has 5 nitrogen and oxygen atoms in total. The van der Waals surface area contributed by atoms with Gasteiger partial charge < -0.3 is 10.1 Å². The van der Waals surface area contributed by atoms with E-state index < -0.39 is 5.97 Å². The zero-order chi connectivity index (χ0) is 12.3. The lowest BCUT2D eigenvalue weighted by Gasteiger charge is -2.11. The SMILES string of the molecule is COC(=O)c1nccc(NCC(C)C2CC2)n1. The summed E-state index contributed by atoms with van der Waals surface area (Å²) in [7, 11) is 1.32. The number of aromatic nitrogens is 2. The van der Waals surface area contributed by atoms with E-state index in [2.05, 4.69) is 26.9 Å². The molecule has 1 aliphatic rings. The first-order chi connectivity index (χ1) is 8.20. The number of hydrogen-bond acceptors (Lipinski definition) is 5. The van der Waals surface area contributed by atoms with Gasteiger partial charge in [0.25, 0.3) is 0 Å². The predicted octanol–water partition coefficient (Wildman–Crippen LogP) is 1.72. The van der Waals surface area contributed by atoms with Crippen LogP contribution in [0.4, 0.5) is 5.82 Å². The third kappa shape index (κ3) is 3.15. The van der Waals surface area contributed by atoms with Gasteiger partial charge in [-0.1, -0.05) is 6.92 Å². The van der Waals surface area contributed by atoms with Gasteiger partial charge >= 0.3 is 5.97 Å². The van der Waals surface area contributed by atoms with Gasteiger partial charge in [-0.15, -0.1) is 0 Å². The van der Waals surface area contributed by atoms with E-state index in [-0.39, 0.29) is 5.82 Å². The van der Waals surface area contributed by atoms with Crippen LogP contribution < -0.4 is 5.32 Å². The molecule has 0 amide bonds.